The number of nitrogens with two attached hydrogens (primary N) is 1. The fraction of sp³-hybridized carbons (Fsp3) is 0.667. The summed E-state index contributed by atoms with van der Waals surface area (Å²) in [5.74, 6) is 0. The van der Waals surface area contributed by atoms with Crippen molar-refractivity contribution in [2.24, 2.45) is 5.73 Å². The van der Waals surface area contributed by atoms with E-state index in [0.717, 1.165) is 29.0 Å². The second kappa shape index (κ2) is 6.54. The van der Waals surface area contributed by atoms with Gasteiger partial charge in [-0.3, -0.25) is 0 Å². The summed E-state index contributed by atoms with van der Waals surface area (Å²) in [5, 5.41) is 0. The van der Waals surface area contributed by atoms with Crippen molar-refractivity contribution in [2.45, 2.75) is 44.0 Å². The van der Waals surface area contributed by atoms with Gasteiger partial charge in [0.25, 0.3) is 0 Å². The summed E-state index contributed by atoms with van der Waals surface area (Å²) in [6.07, 6.45) is 2.87. The average molecular weight is 325 g/mol. The number of sulfonamides is 1. The van der Waals surface area contributed by atoms with Gasteiger partial charge in [0.05, 0.1) is 4.90 Å². The molecule has 2 heterocycles. The molecule has 1 aromatic rings. The van der Waals surface area contributed by atoms with Crippen molar-refractivity contribution in [3.05, 3.63) is 15.8 Å². The molecule has 19 heavy (non-hydrogen) atoms. The van der Waals surface area contributed by atoms with Crippen molar-refractivity contribution in [2.75, 3.05) is 13.1 Å². The molecule has 110 valence electrons. The van der Waals surface area contributed by atoms with Gasteiger partial charge in [0.15, 0.2) is 0 Å². The molecule has 1 fully saturated rings. The Balaban J connectivity index is 0.00000180. The Morgan fingerprint density at radius 3 is 2.63 bits per heavy atom. The normalized spacial score (nSPS) is 21.1. The Morgan fingerprint density at radius 1 is 1.42 bits per heavy atom. The molecule has 1 atom stereocenters. The van der Waals surface area contributed by atoms with E-state index >= 15 is 0 Å². The standard InChI is InChI=1S/C12H20N2O2S2.ClH/c1-9-7-12(10(2)17-9)18(15,16)14-6-4-3-5-11(14)8-13;/h7,11H,3-6,8,13H2,1-2H3;1H. The first-order valence-corrected chi connectivity index (χ1v) is 8.51. The molecule has 0 aromatic carbocycles. The molecule has 1 aromatic heterocycles. The summed E-state index contributed by atoms with van der Waals surface area (Å²) in [6.45, 7) is 4.80. The molecule has 2 rings (SSSR count). The SMILES string of the molecule is Cc1cc(S(=O)(=O)N2CCCCC2CN)c(C)s1.Cl. The summed E-state index contributed by atoms with van der Waals surface area (Å²) in [4.78, 5) is 2.37. The van der Waals surface area contributed by atoms with Gasteiger partial charge in [0.2, 0.25) is 10.0 Å². The largest absolute Gasteiger partial charge is 0.329 e. The predicted octanol–water partition coefficient (Wildman–Crippen LogP) is 2.29. The van der Waals surface area contributed by atoms with Gasteiger partial charge in [-0.15, -0.1) is 23.7 Å². The van der Waals surface area contributed by atoms with Gasteiger partial charge in [-0.25, -0.2) is 8.42 Å². The highest BCUT2D eigenvalue weighted by atomic mass is 35.5. The molecule has 1 aliphatic heterocycles. The van der Waals surface area contributed by atoms with Crippen LogP contribution in [0.4, 0.5) is 0 Å². The van der Waals surface area contributed by atoms with Crippen molar-refractivity contribution in [3.63, 3.8) is 0 Å². The van der Waals surface area contributed by atoms with Crippen molar-refractivity contribution in [1.29, 1.82) is 0 Å². The van der Waals surface area contributed by atoms with Crippen LogP contribution in [-0.4, -0.2) is 31.9 Å². The van der Waals surface area contributed by atoms with E-state index in [2.05, 4.69) is 0 Å². The van der Waals surface area contributed by atoms with E-state index in [9.17, 15) is 8.42 Å². The summed E-state index contributed by atoms with van der Waals surface area (Å²) in [7, 11) is -3.37. The number of hydrogen-bond donors (Lipinski definition) is 1. The highest BCUT2D eigenvalue weighted by Crippen LogP contribution is 2.31. The quantitative estimate of drug-likeness (QED) is 0.927. The van der Waals surface area contributed by atoms with Gasteiger partial charge in [-0.2, -0.15) is 4.31 Å². The smallest absolute Gasteiger partial charge is 0.244 e. The van der Waals surface area contributed by atoms with Crippen LogP contribution in [0.15, 0.2) is 11.0 Å². The number of piperidine rings is 1. The first-order chi connectivity index (χ1) is 8.46. The third kappa shape index (κ3) is 3.31. The van der Waals surface area contributed by atoms with E-state index in [1.165, 1.54) is 11.3 Å². The fourth-order valence-electron chi connectivity index (χ4n) is 2.52. The molecule has 0 saturated carbocycles. The average Bonchev–Trinajstić information content (AvgIpc) is 2.69. The highest BCUT2D eigenvalue weighted by molar-refractivity contribution is 7.89. The molecule has 0 bridgehead atoms. The second-order valence-corrected chi connectivity index (χ2v) is 8.10. The zero-order valence-electron chi connectivity index (χ0n) is 11.3. The zero-order chi connectivity index (χ0) is 13.3. The Morgan fingerprint density at radius 2 is 2.11 bits per heavy atom. The summed E-state index contributed by atoms with van der Waals surface area (Å²) < 4.78 is 26.9. The minimum atomic E-state index is -3.37. The maximum atomic E-state index is 12.7. The molecule has 1 saturated heterocycles. The number of nitrogens with zero attached hydrogens (tertiary/aromatic N) is 1. The van der Waals surface area contributed by atoms with E-state index in [0.29, 0.717) is 18.0 Å². The minimum absolute atomic E-state index is 0. The Kier molecular flexibility index (Phi) is 5.82. The number of rotatable bonds is 3. The molecule has 0 spiro atoms. The molecule has 2 N–H and O–H groups in total. The van der Waals surface area contributed by atoms with Crippen LogP contribution in [0, 0.1) is 13.8 Å². The van der Waals surface area contributed by atoms with Crippen LogP contribution in [-0.2, 0) is 10.0 Å². The van der Waals surface area contributed by atoms with Crippen LogP contribution in [0.3, 0.4) is 0 Å². The lowest BCUT2D eigenvalue weighted by molar-refractivity contribution is 0.257. The van der Waals surface area contributed by atoms with Crippen LogP contribution >= 0.6 is 23.7 Å². The number of thiophene rings is 1. The molecule has 0 aliphatic carbocycles. The summed E-state index contributed by atoms with van der Waals surface area (Å²) in [6, 6.07) is 1.74. The third-order valence-electron chi connectivity index (χ3n) is 3.43. The maximum absolute atomic E-state index is 12.7. The number of hydrogen-bond acceptors (Lipinski definition) is 4. The van der Waals surface area contributed by atoms with E-state index in [1.54, 1.807) is 10.4 Å². The van der Waals surface area contributed by atoms with Crippen LogP contribution in [0.1, 0.15) is 29.0 Å². The molecular weight excluding hydrogens is 304 g/mol. The fourth-order valence-corrected chi connectivity index (χ4v) is 5.75. The maximum Gasteiger partial charge on any atom is 0.244 e. The molecular formula is C12H21ClN2O2S2. The van der Waals surface area contributed by atoms with E-state index in [1.807, 2.05) is 13.8 Å². The molecule has 1 aliphatic rings. The highest BCUT2D eigenvalue weighted by Gasteiger charge is 2.34. The minimum Gasteiger partial charge on any atom is -0.329 e. The van der Waals surface area contributed by atoms with Gasteiger partial charge < -0.3 is 5.73 Å². The van der Waals surface area contributed by atoms with E-state index in [4.69, 9.17) is 5.73 Å². The van der Waals surface area contributed by atoms with Crippen LogP contribution in [0.5, 0.6) is 0 Å². The molecule has 4 nitrogen and oxygen atoms in total. The van der Waals surface area contributed by atoms with Gasteiger partial charge >= 0.3 is 0 Å². The molecule has 0 amide bonds. The summed E-state index contributed by atoms with van der Waals surface area (Å²) >= 11 is 1.53. The topological polar surface area (TPSA) is 63.4 Å². The second-order valence-electron chi connectivity index (χ2n) is 4.78. The molecule has 0 radical (unpaired) electrons. The Hall–Kier alpha value is -0.140. The molecule has 1 unspecified atom stereocenters. The lowest BCUT2D eigenvalue weighted by atomic mass is 10.1. The lowest BCUT2D eigenvalue weighted by Crippen LogP contribution is -2.47. The van der Waals surface area contributed by atoms with Crippen LogP contribution < -0.4 is 5.73 Å². The van der Waals surface area contributed by atoms with E-state index in [-0.39, 0.29) is 18.4 Å². The van der Waals surface area contributed by atoms with Gasteiger partial charge in [-0.05, 0) is 32.8 Å². The Bertz CT molecular complexity index is 528. The van der Waals surface area contributed by atoms with Gasteiger partial charge in [0, 0.05) is 28.9 Å². The number of aryl methyl sites for hydroxylation is 2. The third-order valence-corrected chi connectivity index (χ3v) is 6.60. The monoisotopic (exact) mass is 324 g/mol. The molecule has 7 heteroatoms. The summed E-state index contributed by atoms with van der Waals surface area (Å²) in [5.41, 5.74) is 5.71. The van der Waals surface area contributed by atoms with Crippen molar-refractivity contribution in [1.82, 2.24) is 4.31 Å². The Labute approximate surface area is 125 Å². The number of halogens is 1. The lowest BCUT2D eigenvalue weighted by Gasteiger charge is -2.33. The first kappa shape index (κ1) is 16.9. The van der Waals surface area contributed by atoms with Crippen molar-refractivity contribution in [3.8, 4) is 0 Å². The zero-order valence-corrected chi connectivity index (χ0v) is 13.7. The van der Waals surface area contributed by atoms with E-state index < -0.39 is 10.0 Å². The van der Waals surface area contributed by atoms with Crippen LogP contribution in [0.25, 0.3) is 0 Å². The van der Waals surface area contributed by atoms with Crippen molar-refractivity contribution >= 4 is 33.8 Å². The predicted molar refractivity (Wildman–Crippen MR) is 81.6 cm³/mol. The first-order valence-electron chi connectivity index (χ1n) is 6.25. The van der Waals surface area contributed by atoms with Crippen molar-refractivity contribution < 1.29 is 8.42 Å². The van der Waals surface area contributed by atoms with Crippen LogP contribution in [0.2, 0.25) is 0 Å². The van der Waals surface area contributed by atoms with Gasteiger partial charge in [0.1, 0.15) is 0 Å². The van der Waals surface area contributed by atoms with Gasteiger partial charge in [-0.1, -0.05) is 6.42 Å².